The second-order valence-corrected chi connectivity index (χ2v) is 3.83. The summed E-state index contributed by atoms with van der Waals surface area (Å²) in [5.74, 6) is 0.177. The molecule has 0 fully saturated rings. The predicted octanol–water partition coefficient (Wildman–Crippen LogP) is 1.83. The standard InChI is InChI=1S/C9H13NO2/c1-9(2,3)8(11)4-7-5-12-6-10-7/h5-6H,4H2,1-3H3. The first-order chi connectivity index (χ1) is 5.50. The van der Waals surface area contributed by atoms with Crippen LogP contribution in [0.2, 0.25) is 0 Å². The Morgan fingerprint density at radius 1 is 1.58 bits per heavy atom. The van der Waals surface area contributed by atoms with Gasteiger partial charge in [-0.2, -0.15) is 0 Å². The van der Waals surface area contributed by atoms with Gasteiger partial charge in [0.15, 0.2) is 6.39 Å². The molecule has 0 aromatic carbocycles. The van der Waals surface area contributed by atoms with E-state index >= 15 is 0 Å². The Balaban J connectivity index is 2.60. The highest BCUT2D eigenvalue weighted by Crippen LogP contribution is 2.16. The van der Waals surface area contributed by atoms with Crippen LogP contribution in [0.3, 0.4) is 0 Å². The molecule has 12 heavy (non-hydrogen) atoms. The van der Waals surface area contributed by atoms with E-state index in [4.69, 9.17) is 4.42 Å². The van der Waals surface area contributed by atoms with Crippen LogP contribution in [-0.4, -0.2) is 10.8 Å². The highest BCUT2D eigenvalue weighted by Gasteiger charge is 2.21. The van der Waals surface area contributed by atoms with E-state index in [9.17, 15) is 4.79 Å². The van der Waals surface area contributed by atoms with E-state index in [1.807, 2.05) is 20.8 Å². The van der Waals surface area contributed by atoms with Crippen molar-refractivity contribution in [3.63, 3.8) is 0 Å². The zero-order chi connectivity index (χ0) is 9.19. The Morgan fingerprint density at radius 2 is 2.25 bits per heavy atom. The monoisotopic (exact) mass is 167 g/mol. The van der Waals surface area contributed by atoms with E-state index in [1.54, 1.807) is 0 Å². The zero-order valence-corrected chi connectivity index (χ0v) is 7.63. The molecule has 1 heterocycles. The fraction of sp³-hybridized carbons (Fsp3) is 0.556. The number of carbonyl (C=O) groups excluding carboxylic acids is 1. The van der Waals surface area contributed by atoms with Crippen molar-refractivity contribution in [3.8, 4) is 0 Å². The normalized spacial score (nSPS) is 11.6. The molecule has 3 nitrogen and oxygen atoms in total. The van der Waals surface area contributed by atoms with Crippen molar-refractivity contribution < 1.29 is 9.21 Å². The summed E-state index contributed by atoms with van der Waals surface area (Å²) in [6.07, 6.45) is 3.20. The van der Waals surface area contributed by atoms with Crippen molar-refractivity contribution in [3.05, 3.63) is 18.4 Å². The van der Waals surface area contributed by atoms with Gasteiger partial charge in [-0.3, -0.25) is 4.79 Å². The third-order valence-corrected chi connectivity index (χ3v) is 1.66. The summed E-state index contributed by atoms with van der Waals surface area (Å²) in [6.45, 7) is 5.69. The first-order valence-corrected chi connectivity index (χ1v) is 3.90. The SMILES string of the molecule is CC(C)(C)C(=O)Cc1cocn1. The minimum atomic E-state index is -0.293. The number of Topliss-reactive ketones (excluding diaryl/α,β-unsaturated/α-hetero) is 1. The molecule has 0 spiro atoms. The summed E-state index contributed by atoms with van der Waals surface area (Å²) in [4.78, 5) is 15.3. The minimum absolute atomic E-state index is 0.177. The molecule has 1 aromatic heterocycles. The molecule has 0 aliphatic rings. The van der Waals surface area contributed by atoms with E-state index in [-0.39, 0.29) is 11.2 Å². The largest absolute Gasteiger partial charge is 0.451 e. The Bertz CT molecular complexity index is 257. The molecule has 0 atom stereocenters. The van der Waals surface area contributed by atoms with Crippen LogP contribution in [-0.2, 0) is 11.2 Å². The van der Waals surface area contributed by atoms with Crippen LogP contribution >= 0.6 is 0 Å². The minimum Gasteiger partial charge on any atom is -0.451 e. The Labute approximate surface area is 71.8 Å². The third-order valence-electron chi connectivity index (χ3n) is 1.66. The molecule has 66 valence electrons. The van der Waals surface area contributed by atoms with E-state index in [0.717, 1.165) is 0 Å². The molecule has 1 aromatic rings. The van der Waals surface area contributed by atoms with Crippen molar-refractivity contribution >= 4 is 5.78 Å². The summed E-state index contributed by atoms with van der Waals surface area (Å²) in [5, 5.41) is 0. The molecular formula is C9H13NO2. The predicted molar refractivity (Wildman–Crippen MR) is 44.7 cm³/mol. The number of aromatic nitrogens is 1. The lowest BCUT2D eigenvalue weighted by atomic mass is 9.88. The number of hydrogen-bond donors (Lipinski definition) is 0. The van der Waals surface area contributed by atoms with Crippen molar-refractivity contribution in [1.82, 2.24) is 4.98 Å². The highest BCUT2D eigenvalue weighted by atomic mass is 16.3. The lowest BCUT2D eigenvalue weighted by Crippen LogP contribution is -2.22. The van der Waals surface area contributed by atoms with Crippen LogP contribution in [0.5, 0.6) is 0 Å². The molecule has 0 unspecified atom stereocenters. The maximum Gasteiger partial charge on any atom is 0.180 e. The lowest BCUT2D eigenvalue weighted by molar-refractivity contribution is -0.125. The molecule has 0 aliphatic heterocycles. The van der Waals surface area contributed by atoms with Crippen LogP contribution in [0.25, 0.3) is 0 Å². The average Bonchev–Trinajstić information content (AvgIpc) is 2.37. The van der Waals surface area contributed by atoms with Crippen LogP contribution in [0.1, 0.15) is 26.5 Å². The molecule has 0 saturated carbocycles. The quantitative estimate of drug-likeness (QED) is 0.674. The maximum absolute atomic E-state index is 11.5. The summed E-state index contributed by atoms with van der Waals surface area (Å²) >= 11 is 0. The molecule has 0 saturated heterocycles. The topological polar surface area (TPSA) is 43.1 Å². The van der Waals surface area contributed by atoms with E-state index < -0.39 is 0 Å². The van der Waals surface area contributed by atoms with Gasteiger partial charge in [0.2, 0.25) is 0 Å². The van der Waals surface area contributed by atoms with E-state index in [2.05, 4.69) is 4.98 Å². The van der Waals surface area contributed by atoms with Gasteiger partial charge < -0.3 is 4.42 Å². The summed E-state index contributed by atoms with van der Waals surface area (Å²) < 4.78 is 4.76. The van der Waals surface area contributed by atoms with Gasteiger partial charge in [-0.15, -0.1) is 0 Å². The van der Waals surface area contributed by atoms with Crippen LogP contribution in [0.4, 0.5) is 0 Å². The number of ketones is 1. The maximum atomic E-state index is 11.5. The van der Waals surface area contributed by atoms with Crippen molar-refractivity contribution in [2.75, 3.05) is 0 Å². The first kappa shape index (κ1) is 8.97. The molecule has 0 amide bonds. The van der Waals surface area contributed by atoms with Crippen molar-refractivity contribution in [2.24, 2.45) is 5.41 Å². The number of nitrogens with zero attached hydrogens (tertiary/aromatic N) is 1. The average molecular weight is 167 g/mol. The van der Waals surface area contributed by atoms with Crippen LogP contribution < -0.4 is 0 Å². The molecule has 0 aliphatic carbocycles. The molecule has 0 N–H and O–H groups in total. The van der Waals surface area contributed by atoms with Gasteiger partial charge in [-0.25, -0.2) is 4.98 Å². The van der Waals surface area contributed by atoms with Gasteiger partial charge in [0.05, 0.1) is 12.1 Å². The molecule has 3 heteroatoms. The molecule has 0 radical (unpaired) electrons. The number of rotatable bonds is 2. The van der Waals surface area contributed by atoms with Gasteiger partial charge in [0, 0.05) is 5.41 Å². The summed E-state index contributed by atoms with van der Waals surface area (Å²) in [5.41, 5.74) is 0.411. The molecule has 1 rings (SSSR count). The lowest BCUT2D eigenvalue weighted by Gasteiger charge is -2.14. The number of oxazole rings is 1. The Kier molecular flexibility index (Phi) is 2.31. The van der Waals surface area contributed by atoms with Crippen molar-refractivity contribution in [2.45, 2.75) is 27.2 Å². The highest BCUT2D eigenvalue weighted by molar-refractivity contribution is 5.85. The van der Waals surface area contributed by atoms with Crippen LogP contribution in [0, 0.1) is 5.41 Å². The Hall–Kier alpha value is -1.12. The van der Waals surface area contributed by atoms with Crippen LogP contribution in [0.15, 0.2) is 17.1 Å². The molecule has 0 bridgehead atoms. The molecular weight excluding hydrogens is 154 g/mol. The number of hydrogen-bond acceptors (Lipinski definition) is 3. The second-order valence-electron chi connectivity index (χ2n) is 3.83. The fourth-order valence-corrected chi connectivity index (χ4v) is 0.755. The van der Waals surface area contributed by atoms with Crippen molar-refractivity contribution in [1.29, 1.82) is 0 Å². The van der Waals surface area contributed by atoms with Gasteiger partial charge in [-0.1, -0.05) is 20.8 Å². The van der Waals surface area contributed by atoms with E-state index in [1.165, 1.54) is 12.7 Å². The smallest absolute Gasteiger partial charge is 0.180 e. The third kappa shape index (κ3) is 2.19. The Morgan fingerprint density at radius 3 is 2.67 bits per heavy atom. The summed E-state index contributed by atoms with van der Waals surface area (Å²) in [6, 6.07) is 0. The van der Waals surface area contributed by atoms with Gasteiger partial charge in [0.1, 0.15) is 12.0 Å². The number of carbonyl (C=O) groups is 1. The first-order valence-electron chi connectivity index (χ1n) is 3.90. The van der Waals surface area contributed by atoms with E-state index in [0.29, 0.717) is 12.1 Å². The van der Waals surface area contributed by atoms with Gasteiger partial charge >= 0.3 is 0 Å². The zero-order valence-electron chi connectivity index (χ0n) is 7.63. The second kappa shape index (κ2) is 3.09. The van der Waals surface area contributed by atoms with Gasteiger partial charge in [0.25, 0.3) is 0 Å². The fourth-order valence-electron chi connectivity index (χ4n) is 0.755. The van der Waals surface area contributed by atoms with Gasteiger partial charge in [-0.05, 0) is 0 Å². The summed E-state index contributed by atoms with van der Waals surface area (Å²) in [7, 11) is 0.